The minimum atomic E-state index is -2.91. The average Bonchev–Trinajstić information content (AvgIpc) is 2.15. The fourth-order valence-corrected chi connectivity index (χ4v) is 7.18. The summed E-state index contributed by atoms with van der Waals surface area (Å²) in [5, 5.41) is 0.316. The molecule has 0 aromatic heterocycles. The largest absolute Gasteiger partial charge is 0.228 e. The van der Waals surface area contributed by atoms with Crippen LogP contribution in [0.2, 0.25) is 0 Å². The highest BCUT2D eigenvalue weighted by Crippen LogP contribution is 2.56. The Labute approximate surface area is 90.1 Å². The standard InChI is InChI=1S/C10H16O2S2/c1-3-10-6-5-8(10)9(13-4-2)7-14(10,11)12/h3,8-9H,1,4-7H2,2H3. The molecule has 1 aliphatic carbocycles. The molecule has 0 radical (unpaired) electrons. The van der Waals surface area contributed by atoms with Crippen LogP contribution in [0.15, 0.2) is 12.7 Å². The Balaban J connectivity index is 2.32. The normalized spacial score (nSPS) is 44.1. The van der Waals surface area contributed by atoms with Crippen molar-refractivity contribution < 1.29 is 8.42 Å². The molecular weight excluding hydrogens is 216 g/mol. The summed E-state index contributed by atoms with van der Waals surface area (Å²) in [5.74, 6) is 1.71. The lowest BCUT2D eigenvalue weighted by atomic mass is 9.71. The smallest absolute Gasteiger partial charge is 0.160 e. The molecule has 0 aromatic carbocycles. The molecule has 2 aliphatic rings. The van der Waals surface area contributed by atoms with Crippen LogP contribution in [0.5, 0.6) is 0 Å². The van der Waals surface area contributed by atoms with Gasteiger partial charge in [0, 0.05) is 5.25 Å². The number of hydrogen-bond donors (Lipinski definition) is 0. The maximum atomic E-state index is 12.0. The molecule has 2 nitrogen and oxygen atoms in total. The molecule has 0 bridgehead atoms. The highest BCUT2D eigenvalue weighted by molar-refractivity contribution is 8.02. The highest BCUT2D eigenvalue weighted by atomic mass is 32.2. The van der Waals surface area contributed by atoms with E-state index in [1.54, 1.807) is 17.8 Å². The molecule has 0 spiro atoms. The number of sulfone groups is 1. The van der Waals surface area contributed by atoms with Crippen molar-refractivity contribution in [1.29, 1.82) is 0 Å². The lowest BCUT2D eigenvalue weighted by molar-refractivity contribution is 0.272. The van der Waals surface area contributed by atoms with Gasteiger partial charge in [-0.3, -0.25) is 0 Å². The van der Waals surface area contributed by atoms with Crippen LogP contribution in [0.1, 0.15) is 19.8 Å². The van der Waals surface area contributed by atoms with Gasteiger partial charge in [-0.25, -0.2) is 8.42 Å². The van der Waals surface area contributed by atoms with Crippen LogP contribution in [0.4, 0.5) is 0 Å². The molecule has 3 unspecified atom stereocenters. The maximum absolute atomic E-state index is 12.0. The predicted molar refractivity (Wildman–Crippen MR) is 61.4 cm³/mol. The topological polar surface area (TPSA) is 34.1 Å². The van der Waals surface area contributed by atoms with Gasteiger partial charge in [0.1, 0.15) is 0 Å². The third kappa shape index (κ3) is 1.13. The van der Waals surface area contributed by atoms with Gasteiger partial charge in [-0.05, 0) is 24.5 Å². The van der Waals surface area contributed by atoms with Crippen LogP contribution in [-0.4, -0.2) is 29.9 Å². The molecule has 2 rings (SSSR count). The van der Waals surface area contributed by atoms with Crippen molar-refractivity contribution >= 4 is 21.6 Å². The molecule has 14 heavy (non-hydrogen) atoms. The van der Waals surface area contributed by atoms with Crippen LogP contribution < -0.4 is 0 Å². The zero-order valence-corrected chi connectivity index (χ0v) is 10.0. The summed E-state index contributed by atoms with van der Waals surface area (Å²) in [7, 11) is -2.91. The van der Waals surface area contributed by atoms with Crippen LogP contribution >= 0.6 is 11.8 Å². The first-order chi connectivity index (χ1) is 6.57. The summed E-state index contributed by atoms with van der Waals surface area (Å²) in [5.41, 5.74) is 0. The van der Waals surface area contributed by atoms with Gasteiger partial charge in [0.05, 0.1) is 10.5 Å². The first-order valence-electron chi connectivity index (χ1n) is 5.05. The second kappa shape index (κ2) is 3.27. The van der Waals surface area contributed by atoms with Crippen molar-refractivity contribution in [2.24, 2.45) is 5.92 Å². The minimum absolute atomic E-state index is 0.316. The monoisotopic (exact) mass is 232 g/mol. The highest BCUT2D eigenvalue weighted by Gasteiger charge is 2.62. The number of rotatable bonds is 3. The van der Waals surface area contributed by atoms with Crippen molar-refractivity contribution in [3.8, 4) is 0 Å². The molecule has 0 N–H and O–H groups in total. The average molecular weight is 232 g/mol. The van der Waals surface area contributed by atoms with Crippen molar-refractivity contribution in [3.63, 3.8) is 0 Å². The Bertz CT molecular complexity index is 347. The quantitative estimate of drug-likeness (QED) is 0.697. The molecule has 3 atom stereocenters. The van der Waals surface area contributed by atoms with Gasteiger partial charge in [0.15, 0.2) is 9.84 Å². The van der Waals surface area contributed by atoms with E-state index in [0.29, 0.717) is 16.9 Å². The summed E-state index contributed by atoms with van der Waals surface area (Å²) in [6, 6.07) is 0. The van der Waals surface area contributed by atoms with Gasteiger partial charge in [-0.1, -0.05) is 13.0 Å². The lowest BCUT2D eigenvalue weighted by Crippen LogP contribution is -2.48. The predicted octanol–water partition coefficient (Wildman–Crippen LogP) is 1.87. The molecule has 1 heterocycles. The van der Waals surface area contributed by atoms with Crippen molar-refractivity contribution in [2.45, 2.75) is 29.8 Å². The van der Waals surface area contributed by atoms with E-state index in [4.69, 9.17) is 0 Å². The van der Waals surface area contributed by atoms with Gasteiger partial charge in [-0.2, -0.15) is 11.8 Å². The van der Waals surface area contributed by atoms with Gasteiger partial charge in [0.25, 0.3) is 0 Å². The van der Waals surface area contributed by atoms with E-state index in [9.17, 15) is 8.42 Å². The molecule has 80 valence electrons. The van der Waals surface area contributed by atoms with Crippen LogP contribution in [0, 0.1) is 5.92 Å². The summed E-state index contributed by atoms with van der Waals surface area (Å²) < 4.78 is 23.4. The van der Waals surface area contributed by atoms with E-state index in [-0.39, 0.29) is 0 Å². The SMILES string of the molecule is C=CC12CCC1C(SCC)CS2(=O)=O. The minimum Gasteiger partial charge on any atom is -0.228 e. The molecule has 1 saturated carbocycles. The summed E-state index contributed by atoms with van der Waals surface area (Å²) in [6.07, 6.45) is 3.54. The maximum Gasteiger partial charge on any atom is 0.160 e. The zero-order valence-electron chi connectivity index (χ0n) is 8.40. The van der Waals surface area contributed by atoms with Gasteiger partial charge in [-0.15, -0.1) is 6.58 Å². The third-order valence-corrected chi connectivity index (χ3v) is 7.71. The molecule has 0 amide bonds. The first-order valence-corrected chi connectivity index (χ1v) is 7.75. The summed E-state index contributed by atoms with van der Waals surface area (Å²) in [4.78, 5) is 0. The summed E-state index contributed by atoms with van der Waals surface area (Å²) >= 11 is 1.79. The van der Waals surface area contributed by atoms with Crippen molar-refractivity contribution in [2.75, 3.05) is 11.5 Å². The number of thioether (sulfide) groups is 1. The fourth-order valence-electron chi connectivity index (χ4n) is 2.73. The second-order valence-corrected chi connectivity index (χ2v) is 7.92. The fraction of sp³-hybridized carbons (Fsp3) is 0.800. The molecule has 1 aliphatic heterocycles. The Morgan fingerprint density at radius 3 is 2.71 bits per heavy atom. The molecule has 4 heteroatoms. The lowest BCUT2D eigenvalue weighted by Gasteiger charge is -2.42. The van der Waals surface area contributed by atoms with E-state index < -0.39 is 14.6 Å². The molecule has 1 saturated heterocycles. The van der Waals surface area contributed by atoms with Crippen LogP contribution in [-0.2, 0) is 9.84 Å². The Hall–Kier alpha value is 0.0400. The van der Waals surface area contributed by atoms with E-state index in [2.05, 4.69) is 13.5 Å². The van der Waals surface area contributed by atoms with E-state index >= 15 is 0 Å². The molecular formula is C10H16O2S2. The van der Waals surface area contributed by atoms with Crippen LogP contribution in [0.3, 0.4) is 0 Å². The van der Waals surface area contributed by atoms with E-state index in [1.165, 1.54) is 0 Å². The van der Waals surface area contributed by atoms with Crippen LogP contribution in [0.25, 0.3) is 0 Å². The summed E-state index contributed by atoms with van der Waals surface area (Å²) in [6.45, 7) is 5.81. The van der Waals surface area contributed by atoms with Gasteiger partial charge >= 0.3 is 0 Å². The van der Waals surface area contributed by atoms with Gasteiger partial charge < -0.3 is 0 Å². The van der Waals surface area contributed by atoms with Gasteiger partial charge in [0.2, 0.25) is 0 Å². The first kappa shape index (κ1) is 10.6. The zero-order chi connectivity index (χ0) is 10.4. The van der Waals surface area contributed by atoms with E-state index in [0.717, 1.165) is 18.6 Å². The number of fused-ring (bicyclic) bond motifs is 1. The third-order valence-electron chi connectivity index (χ3n) is 3.61. The van der Waals surface area contributed by atoms with Crippen molar-refractivity contribution in [1.82, 2.24) is 0 Å². The number of hydrogen-bond acceptors (Lipinski definition) is 3. The second-order valence-electron chi connectivity index (χ2n) is 4.08. The Kier molecular flexibility index (Phi) is 2.47. The van der Waals surface area contributed by atoms with E-state index in [1.807, 2.05) is 0 Å². The molecule has 0 aromatic rings. The Morgan fingerprint density at radius 1 is 1.64 bits per heavy atom. The Morgan fingerprint density at radius 2 is 2.36 bits per heavy atom. The van der Waals surface area contributed by atoms with Crippen molar-refractivity contribution in [3.05, 3.63) is 12.7 Å². The molecule has 2 fully saturated rings.